The van der Waals surface area contributed by atoms with Crippen LogP contribution in [-0.4, -0.2) is 31.1 Å². The first kappa shape index (κ1) is 23.5. The topological polar surface area (TPSA) is 80.0 Å². The maximum Gasteiger partial charge on any atom is 0.274 e. The number of rotatable bonds is 3. The van der Waals surface area contributed by atoms with Gasteiger partial charge in [0.15, 0.2) is 0 Å². The summed E-state index contributed by atoms with van der Waals surface area (Å²) in [7, 11) is 1.76. The van der Waals surface area contributed by atoms with Crippen LogP contribution in [0.4, 0.5) is 14.5 Å². The van der Waals surface area contributed by atoms with Crippen LogP contribution in [0, 0.1) is 35.4 Å². The number of amides is 1. The molecule has 2 atom stereocenters. The Morgan fingerprint density at radius 2 is 1.94 bits per heavy atom. The van der Waals surface area contributed by atoms with E-state index in [9.17, 15) is 18.7 Å². The smallest absolute Gasteiger partial charge is 0.274 e. The predicted octanol–water partition coefficient (Wildman–Crippen LogP) is 4.69. The standard InChI is InChI=1S/C26H23ClF2N4O2/c1-33-14-31-23(24(33)25(34)32-19-2-3-21(28)20(27)11-19)16-9-17-12-26(35,13-18(17)10-16)6-4-15-5-7-30-22(29)8-15/h2-3,5,7-8,11,14,16-18,35H,9-10,12-13H2,1H3,(H,32,34). The fourth-order valence-corrected chi connectivity index (χ4v) is 5.63. The van der Waals surface area contributed by atoms with Crippen molar-refractivity contribution in [2.45, 2.75) is 37.2 Å². The molecule has 180 valence electrons. The average Bonchev–Trinajstić information content (AvgIpc) is 3.46. The fourth-order valence-electron chi connectivity index (χ4n) is 5.44. The second kappa shape index (κ2) is 9.06. The number of fused-ring (bicyclic) bond motifs is 1. The molecule has 0 radical (unpaired) electrons. The van der Waals surface area contributed by atoms with Gasteiger partial charge in [-0.1, -0.05) is 23.4 Å². The van der Waals surface area contributed by atoms with Gasteiger partial charge in [-0.15, -0.1) is 0 Å². The lowest BCUT2D eigenvalue weighted by Crippen LogP contribution is -2.24. The molecule has 3 aromatic rings. The van der Waals surface area contributed by atoms with Crippen molar-refractivity contribution in [1.29, 1.82) is 0 Å². The molecule has 0 bridgehead atoms. The average molecular weight is 497 g/mol. The van der Waals surface area contributed by atoms with Crippen molar-refractivity contribution in [3.63, 3.8) is 0 Å². The Morgan fingerprint density at radius 1 is 1.20 bits per heavy atom. The van der Waals surface area contributed by atoms with Gasteiger partial charge in [0.1, 0.15) is 17.1 Å². The molecule has 2 aromatic heterocycles. The van der Waals surface area contributed by atoms with Crippen molar-refractivity contribution < 1.29 is 18.7 Å². The number of hydrogen-bond acceptors (Lipinski definition) is 4. The Kier molecular flexibility index (Phi) is 6.07. The van der Waals surface area contributed by atoms with E-state index in [0.29, 0.717) is 29.8 Å². The summed E-state index contributed by atoms with van der Waals surface area (Å²) in [4.78, 5) is 21.1. The minimum absolute atomic E-state index is 0.0682. The van der Waals surface area contributed by atoms with E-state index in [1.165, 1.54) is 30.5 Å². The second-order valence-corrected chi connectivity index (χ2v) is 9.83. The highest BCUT2D eigenvalue weighted by Gasteiger charge is 2.49. The van der Waals surface area contributed by atoms with Crippen LogP contribution in [-0.2, 0) is 7.05 Å². The van der Waals surface area contributed by atoms with Gasteiger partial charge in [-0.25, -0.2) is 14.4 Å². The Morgan fingerprint density at radius 3 is 2.63 bits per heavy atom. The Labute approximate surface area is 206 Å². The van der Waals surface area contributed by atoms with Gasteiger partial charge in [-0.3, -0.25) is 4.79 Å². The molecule has 2 N–H and O–H groups in total. The lowest BCUT2D eigenvalue weighted by molar-refractivity contribution is 0.0979. The van der Waals surface area contributed by atoms with Crippen LogP contribution in [0.1, 0.15) is 53.3 Å². The number of aryl methyl sites for hydroxylation is 1. The van der Waals surface area contributed by atoms with E-state index in [4.69, 9.17) is 11.6 Å². The summed E-state index contributed by atoms with van der Waals surface area (Å²) in [5, 5.41) is 13.7. The molecular formula is C26H23ClF2N4O2. The summed E-state index contributed by atoms with van der Waals surface area (Å²) in [5.74, 6) is 4.90. The fraction of sp³-hybridized carbons (Fsp3) is 0.346. The Bertz CT molecular complexity index is 1350. The number of aromatic nitrogens is 3. The molecular weight excluding hydrogens is 474 g/mol. The summed E-state index contributed by atoms with van der Waals surface area (Å²) in [6, 6.07) is 6.88. The monoisotopic (exact) mass is 496 g/mol. The largest absolute Gasteiger partial charge is 0.378 e. The van der Waals surface area contributed by atoms with Crippen molar-refractivity contribution in [2.24, 2.45) is 18.9 Å². The van der Waals surface area contributed by atoms with Gasteiger partial charge in [-0.2, -0.15) is 4.39 Å². The first-order valence-corrected chi connectivity index (χ1v) is 11.7. The quantitative estimate of drug-likeness (QED) is 0.407. The van der Waals surface area contributed by atoms with E-state index in [-0.39, 0.29) is 28.7 Å². The molecule has 9 heteroatoms. The van der Waals surface area contributed by atoms with Gasteiger partial charge in [-0.05, 0) is 61.8 Å². The van der Waals surface area contributed by atoms with E-state index in [2.05, 4.69) is 27.1 Å². The Balaban J connectivity index is 1.29. The van der Waals surface area contributed by atoms with E-state index < -0.39 is 17.4 Å². The highest BCUT2D eigenvalue weighted by molar-refractivity contribution is 6.31. The van der Waals surface area contributed by atoms with Crippen LogP contribution >= 0.6 is 11.6 Å². The molecule has 6 nitrogen and oxygen atoms in total. The molecule has 0 spiro atoms. The molecule has 0 saturated heterocycles. The van der Waals surface area contributed by atoms with E-state index in [1.54, 1.807) is 24.0 Å². The van der Waals surface area contributed by atoms with Crippen LogP contribution in [0.15, 0.2) is 42.9 Å². The minimum atomic E-state index is -1.12. The Hall–Kier alpha value is -3.28. The zero-order chi connectivity index (χ0) is 24.7. The first-order valence-electron chi connectivity index (χ1n) is 11.4. The number of nitrogens with one attached hydrogen (secondary N) is 1. The normalized spacial score (nSPS) is 25.1. The number of hydrogen-bond donors (Lipinski definition) is 2. The van der Waals surface area contributed by atoms with Crippen molar-refractivity contribution in [3.05, 3.63) is 76.6 Å². The van der Waals surface area contributed by atoms with Gasteiger partial charge in [0.25, 0.3) is 5.91 Å². The maximum absolute atomic E-state index is 13.5. The number of anilines is 1. The zero-order valence-electron chi connectivity index (χ0n) is 18.9. The van der Waals surface area contributed by atoms with Gasteiger partial charge >= 0.3 is 0 Å². The first-order chi connectivity index (χ1) is 16.7. The van der Waals surface area contributed by atoms with E-state index >= 15 is 0 Å². The minimum Gasteiger partial charge on any atom is -0.378 e. The van der Waals surface area contributed by atoms with Crippen molar-refractivity contribution in [3.8, 4) is 11.8 Å². The van der Waals surface area contributed by atoms with E-state index in [0.717, 1.165) is 18.5 Å². The lowest BCUT2D eigenvalue weighted by atomic mass is 9.92. The molecule has 1 aromatic carbocycles. The highest BCUT2D eigenvalue weighted by atomic mass is 35.5. The number of carbonyl (C=O) groups is 1. The van der Waals surface area contributed by atoms with Crippen molar-refractivity contribution >= 4 is 23.2 Å². The number of imidazole rings is 1. The third kappa shape index (κ3) is 4.79. The number of nitrogens with zero attached hydrogens (tertiary/aromatic N) is 3. The second-order valence-electron chi connectivity index (χ2n) is 9.42. The lowest BCUT2D eigenvalue weighted by Gasteiger charge is -2.19. The molecule has 2 fully saturated rings. The molecule has 2 heterocycles. The molecule has 0 aliphatic heterocycles. The SMILES string of the molecule is Cn1cnc(C2CC3CC(O)(C#Cc4ccnc(F)c4)CC3C2)c1C(=O)Nc1ccc(F)c(Cl)c1. The molecule has 2 unspecified atom stereocenters. The van der Waals surface area contributed by atoms with Gasteiger partial charge in [0, 0.05) is 36.5 Å². The van der Waals surface area contributed by atoms with Crippen molar-refractivity contribution in [2.75, 3.05) is 5.32 Å². The van der Waals surface area contributed by atoms with Crippen LogP contribution in [0.2, 0.25) is 5.02 Å². The van der Waals surface area contributed by atoms with Crippen LogP contribution in [0.5, 0.6) is 0 Å². The maximum atomic E-state index is 13.5. The summed E-state index contributed by atoms with van der Waals surface area (Å²) in [6.45, 7) is 0. The summed E-state index contributed by atoms with van der Waals surface area (Å²) >= 11 is 5.84. The van der Waals surface area contributed by atoms with Gasteiger partial charge in [0.05, 0.1) is 17.0 Å². The zero-order valence-corrected chi connectivity index (χ0v) is 19.7. The number of benzene rings is 1. The highest BCUT2D eigenvalue weighted by Crippen LogP contribution is 2.53. The van der Waals surface area contributed by atoms with E-state index in [1.807, 2.05) is 0 Å². The third-order valence-corrected chi connectivity index (χ3v) is 7.24. The van der Waals surface area contributed by atoms with Gasteiger partial charge in [0.2, 0.25) is 5.95 Å². The molecule has 35 heavy (non-hydrogen) atoms. The van der Waals surface area contributed by atoms with Crippen LogP contribution < -0.4 is 5.32 Å². The van der Waals surface area contributed by atoms with Crippen LogP contribution in [0.25, 0.3) is 0 Å². The molecule has 1 amide bonds. The summed E-state index contributed by atoms with van der Waals surface area (Å²) in [5.41, 5.74) is 0.924. The molecule has 2 aliphatic carbocycles. The summed E-state index contributed by atoms with van der Waals surface area (Å²) < 4.78 is 28.4. The van der Waals surface area contributed by atoms with Crippen molar-refractivity contribution in [1.82, 2.24) is 14.5 Å². The number of aliphatic hydroxyl groups is 1. The number of pyridine rings is 1. The number of carbonyl (C=O) groups excluding carboxylic acids is 1. The molecule has 2 saturated carbocycles. The predicted molar refractivity (Wildman–Crippen MR) is 127 cm³/mol. The number of halogens is 3. The third-order valence-electron chi connectivity index (χ3n) is 6.95. The summed E-state index contributed by atoms with van der Waals surface area (Å²) in [6.07, 6.45) is 5.60. The van der Waals surface area contributed by atoms with Crippen LogP contribution in [0.3, 0.4) is 0 Å². The molecule has 5 rings (SSSR count). The molecule has 2 aliphatic rings. The van der Waals surface area contributed by atoms with Gasteiger partial charge < -0.3 is 15.0 Å².